The maximum Gasteiger partial charge on any atom is 0.289 e. The zero-order valence-electron chi connectivity index (χ0n) is 9.82. The van der Waals surface area contributed by atoms with Gasteiger partial charge in [-0.3, -0.25) is 4.79 Å². The Morgan fingerprint density at radius 3 is 2.70 bits per heavy atom. The number of halogens is 1. The second kappa shape index (κ2) is 4.43. The van der Waals surface area contributed by atoms with Gasteiger partial charge in [0.25, 0.3) is 15.6 Å². The normalized spacial score (nSPS) is 11.8. The maximum absolute atomic E-state index is 12.5. The third kappa shape index (κ3) is 1.81. The highest BCUT2D eigenvalue weighted by Gasteiger charge is 2.25. The Morgan fingerprint density at radius 2 is 1.95 bits per heavy atom. The van der Waals surface area contributed by atoms with E-state index in [4.69, 9.17) is 11.6 Å². The zero-order chi connectivity index (χ0) is 14.3. The summed E-state index contributed by atoms with van der Waals surface area (Å²) in [5.41, 5.74) is -0.517. The Labute approximate surface area is 117 Å². The monoisotopic (exact) mass is 310 g/mol. The minimum atomic E-state index is -4.14. The van der Waals surface area contributed by atoms with Gasteiger partial charge in [-0.1, -0.05) is 23.7 Å². The van der Waals surface area contributed by atoms with E-state index >= 15 is 0 Å². The van der Waals surface area contributed by atoms with Crippen LogP contribution in [0.2, 0.25) is 5.15 Å². The van der Waals surface area contributed by atoms with Crippen molar-refractivity contribution in [2.75, 3.05) is 0 Å². The van der Waals surface area contributed by atoms with Gasteiger partial charge in [-0.15, -0.1) is 5.10 Å². The fourth-order valence-corrected chi connectivity index (χ4v) is 3.40. The third-order valence-corrected chi connectivity index (χ3v) is 4.60. The highest BCUT2D eigenvalue weighted by Crippen LogP contribution is 2.25. The van der Waals surface area contributed by atoms with E-state index in [-0.39, 0.29) is 5.15 Å². The number of benzene rings is 1. The number of para-hydroxylation sites is 1. The molecule has 2 aromatic heterocycles. The van der Waals surface area contributed by atoms with Crippen LogP contribution in [0, 0.1) is 0 Å². The zero-order valence-corrected chi connectivity index (χ0v) is 11.4. The number of nitrogens with one attached hydrogen (secondary N) is 1. The molecule has 2 heterocycles. The average Bonchev–Trinajstić information content (AvgIpc) is 2.78. The Hall–Kier alpha value is -2.19. The summed E-state index contributed by atoms with van der Waals surface area (Å²) in [6.07, 6.45) is 1.18. The summed E-state index contributed by atoms with van der Waals surface area (Å²) in [4.78, 5) is 11.2. The Kier molecular flexibility index (Phi) is 2.84. The van der Waals surface area contributed by atoms with E-state index in [1.54, 1.807) is 24.3 Å². The van der Waals surface area contributed by atoms with Crippen LogP contribution in [-0.4, -0.2) is 27.8 Å². The number of hydrogen-bond acceptors (Lipinski definition) is 5. The number of H-pyrrole nitrogens is 1. The summed E-state index contributed by atoms with van der Waals surface area (Å²) in [5.74, 6) is 0. The molecule has 7 nitrogen and oxygen atoms in total. The van der Waals surface area contributed by atoms with E-state index in [9.17, 15) is 13.2 Å². The summed E-state index contributed by atoms with van der Waals surface area (Å²) >= 11 is 5.92. The molecule has 3 rings (SSSR count). The molecule has 0 unspecified atom stereocenters. The lowest BCUT2D eigenvalue weighted by Crippen LogP contribution is -2.23. The molecule has 102 valence electrons. The quantitative estimate of drug-likeness (QED) is 0.761. The molecule has 0 spiro atoms. The van der Waals surface area contributed by atoms with Crippen molar-refractivity contribution < 1.29 is 8.42 Å². The van der Waals surface area contributed by atoms with Crippen LogP contribution in [0.3, 0.4) is 0 Å². The summed E-state index contributed by atoms with van der Waals surface area (Å²) in [6, 6.07) is 7.68. The van der Waals surface area contributed by atoms with Crippen LogP contribution in [0.15, 0.2) is 46.2 Å². The fourth-order valence-electron chi connectivity index (χ4n) is 1.81. The molecule has 0 aliphatic rings. The first-order valence-corrected chi connectivity index (χ1v) is 7.26. The van der Waals surface area contributed by atoms with Crippen molar-refractivity contribution in [3.05, 3.63) is 52.0 Å². The molecule has 0 amide bonds. The number of fused-ring (bicyclic) bond motifs is 1. The van der Waals surface area contributed by atoms with Crippen molar-refractivity contribution in [1.82, 2.24) is 19.4 Å². The molecule has 0 saturated heterocycles. The lowest BCUT2D eigenvalue weighted by molar-refractivity contribution is 0.580. The van der Waals surface area contributed by atoms with Crippen molar-refractivity contribution >= 4 is 32.5 Å². The van der Waals surface area contributed by atoms with Crippen LogP contribution in [-0.2, 0) is 10.0 Å². The first-order chi connectivity index (χ1) is 9.51. The summed E-state index contributed by atoms with van der Waals surface area (Å²) in [6.45, 7) is 0. The minimum absolute atomic E-state index is 0.0506. The molecule has 9 heteroatoms. The average molecular weight is 311 g/mol. The second-order valence-electron chi connectivity index (χ2n) is 3.91. The van der Waals surface area contributed by atoms with Gasteiger partial charge in [0.15, 0.2) is 10.0 Å². The molecular formula is C11H7ClN4O3S. The van der Waals surface area contributed by atoms with Crippen molar-refractivity contribution in [3.8, 4) is 0 Å². The lowest BCUT2D eigenvalue weighted by Gasteiger charge is -2.04. The minimum Gasteiger partial charge on any atom is -0.266 e. The first-order valence-electron chi connectivity index (χ1n) is 5.44. The molecule has 20 heavy (non-hydrogen) atoms. The largest absolute Gasteiger partial charge is 0.289 e. The highest BCUT2D eigenvalue weighted by atomic mass is 35.5. The smallest absolute Gasteiger partial charge is 0.266 e. The topological polar surface area (TPSA) is 97.7 Å². The summed E-state index contributed by atoms with van der Waals surface area (Å²) in [7, 11) is -4.14. The Bertz CT molecular complexity index is 961. The van der Waals surface area contributed by atoms with Gasteiger partial charge >= 0.3 is 0 Å². The highest BCUT2D eigenvalue weighted by molar-refractivity contribution is 7.90. The van der Waals surface area contributed by atoms with Crippen LogP contribution in [0.25, 0.3) is 10.9 Å². The molecule has 3 aromatic rings. The summed E-state index contributed by atoms with van der Waals surface area (Å²) in [5, 5.41) is 9.87. The van der Waals surface area contributed by atoms with Gasteiger partial charge in [-0.2, -0.15) is 17.6 Å². The number of rotatable bonds is 2. The first kappa shape index (κ1) is 12.8. The molecule has 0 saturated carbocycles. The Morgan fingerprint density at radius 1 is 1.20 bits per heavy atom. The number of nitrogens with zero attached hydrogens (tertiary/aromatic N) is 3. The lowest BCUT2D eigenvalue weighted by atomic mass is 10.3. The standard InChI is InChI=1S/C11H7ClN4O3S/c12-10-7-3-1-2-4-8(7)16(15-10)20(18,19)9-5-6-13-14-11(9)17/h1-6H,(H,14,17). The number of hydrogen-bond donors (Lipinski definition) is 1. The third-order valence-electron chi connectivity index (χ3n) is 2.71. The molecule has 1 aromatic carbocycles. The van der Waals surface area contributed by atoms with Gasteiger partial charge in [0.05, 0.1) is 5.52 Å². The van der Waals surface area contributed by atoms with Gasteiger partial charge in [-0.05, 0) is 18.2 Å². The van der Waals surface area contributed by atoms with Crippen molar-refractivity contribution in [3.63, 3.8) is 0 Å². The fraction of sp³-hybridized carbons (Fsp3) is 0. The Balaban J connectivity index is 2.36. The van der Waals surface area contributed by atoms with Gasteiger partial charge in [-0.25, -0.2) is 5.10 Å². The van der Waals surface area contributed by atoms with Crippen LogP contribution in [0.4, 0.5) is 0 Å². The van der Waals surface area contributed by atoms with Gasteiger partial charge in [0.2, 0.25) is 0 Å². The van der Waals surface area contributed by atoms with E-state index in [1.807, 2.05) is 0 Å². The molecule has 0 radical (unpaired) electrons. The van der Waals surface area contributed by atoms with Gasteiger partial charge in [0, 0.05) is 11.6 Å². The molecule has 0 fully saturated rings. The van der Waals surface area contributed by atoms with Crippen LogP contribution in [0.5, 0.6) is 0 Å². The second-order valence-corrected chi connectivity index (χ2v) is 6.00. The summed E-state index contributed by atoms with van der Waals surface area (Å²) < 4.78 is 25.7. The van der Waals surface area contributed by atoms with Crippen molar-refractivity contribution in [2.45, 2.75) is 4.90 Å². The van der Waals surface area contributed by atoms with Gasteiger partial charge < -0.3 is 0 Å². The molecule has 0 aliphatic carbocycles. The van der Waals surface area contributed by atoms with Crippen LogP contribution < -0.4 is 5.56 Å². The molecule has 0 aliphatic heterocycles. The van der Waals surface area contributed by atoms with E-state index in [1.165, 1.54) is 6.20 Å². The molecular weight excluding hydrogens is 304 g/mol. The van der Waals surface area contributed by atoms with Crippen LogP contribution >= 0.6 is 11.6 Å². The predicted octanol–water partition coefficient (Wildman–Crippen LogP) is 1.01. The van der Waals surface area contributed by atoms with E-state index in [2.05, 4.69) is 15.3 Å². The number of aromatic nitrogens is 4. The van der Waals surface area contributed by atoms with Crippen LogP contribution in [0.1, 0.15) is 0 Å². The predicted molar refractivity (Wildman–Crippen MR) is 72.2 cm³/mol. The van der Waals surface area contributed by atoms with E-state index in [0.717, 1.165) is 10.2 Å². The number of aromatic amines is 1. The SMILES string of the molecule is O=c1[nH]nccc1S(=O)(=O)n1nc(Cl)c2ccccc21. The van der Waals surface area contributed by atoms with E-state index < -0.39 is 20.5 Å². The van der Waals surface area contributed by atoms with Crippen molar-refractivity contribution in [1.29, 1.82) is 0 Å². The molecule has 1 N–H and O–H groups in total. The van der Waals surface area contributed by atoms with Gasteiger partial charge in [0.1, 0.15) is 0 Å². The molecule has 0 bridgehead atoms. The van der Waals surface area contributed by atoms with Crippen molar-refractivity contribution in [2.24, 2.45) is 0 Å². The maximum atomic E-state index is 12.5. The molecule has 0 atom stereocenters. The van der Waals surface area contributed by atoms with E-state index in [0.29, 0.717) is 10.9 Å².